The molecule has 0 atom stereocenters. The minimum absolute atomic E-state index is 0.245. The van der Waals surface area contributed by atoms with Gasteiger partial charge >= 0.3 is 0 Å². The number of hydrogen-bond donors (Lipinski definition) is 1. The number of hydrogen-bond acceptors (Lipinski definition) is 4. The molecule has 2 aromatic heterocycles. The first-order valence-corrected chi connectivity index (χ1v) is 5.88. The molecule has 0 aliphatic heterocycles. The van der Waals surface area contributed by atoms with Crippen LogP contribution in [0.3, 0.4) is 0 Å². The van der Waals surface area contributed by atoms with Crippen molar-refractivity contribution in [2.24, 2.45) is 7.05 Å². The topological polar surface area (TPSA) is 72.7 Å². The third-order valence-electron chi connectivity index (χ3n) is 3.02. The van der Waals surface area contributed by atoms with Crippen molar-refractivity contribution in [2.45, 2.75) is 19.3 Å². The summed E-state index contributed by atoms with van der Waals surface area (Å²) in [5, 5.41) is 14.8. The highest BCUT2D eigenvalue weighted by Gasteiger charge is 2.17. The first-order valence-electron chi connectivity index (χ1n) is 5.88. The largest absolute Gasteiger partial charge is 0.318 e. The van der Waals surface area contributed by atoms with Gasteiger partial charge in [0.15, 0.2) is 5.69 Å². The number of carbonyl (C=O) groups is 1. The maximum atomic E-state index is 12.0. The standard InChI is InChI=1S/C12H13N5O/c1-17-7-9(6-13-17)14-12(18)11-5-8-3-2-4-10(8)15-16-11/h5-7H,2-4H2,1H3,(H,14,18). The molecule has 92 valence electrons. The van der Waals surface area contributed by atoms with Crippen LogP contribution in [0, 0.1) is 0 Å². The highest BCUT2D eigenvalue weighted by molar-refractivity contribution is 6.02. The van der Waals surface area contributed by atoms with E-state index in [2.05, 4.69) is 20.6 Å². The van der Waals surface area contributed by atoms with E-state index in [4.69, 9.17) is 0 Å². The molecule has 0 saturated carbocycles. The Labute approximate surface area is 104 Å². The zero-order valence-corrected chi connectivity index (χ0v) is 10.1. The van der Waals surface area contributed by atoms with Crippen LogP contribution < -0.4 is 5.32 Å². The third kappa shape index (κ3) is 1.97. The van der Waals surface area contributed by atoms with Gasteiger partial charge in [0.1, 0.15) is 0 Å². The van der Waals surface area contributed by atoms with Gasteiger partial charge in [-0.1, -0.05) is 0 Å². The normalized spacial score (nSPS) is 13.4. The molecule has 0 unspecified atom stereocenters. The quantitative estimate of drug-likeness (QED) is 0.852. The molecule has 6 heteroatoms. The summed E-state index contributed by atoms with van der Waals surface area (Å²) in [6.45, 7) is 0. The Morgan fingerprint density at radius 2 is 2.28 bits per heavy atom. The average molecular weight is 243 g/mol. The van der Waals surface area contributed by atoms with Crippen LogP contribution in [0.4, 0.5) is 5.69 Å². The molecule has 6 nitrogen and oxygen atoms in total. The maximum Gasteiger partial charge on any atom is 0.276 e. The molecule has 2 aromatic rings. The van der Waals surface area contributed by atoms with Gasteiger partial charge in [-0.25, -0.2) is 0 Å². The molecular weight excluding hydrogens is 230 g/mol. The Morgan fingerprint density at radius 1 is 1.39 bits per heavy atom. The van der Waals surface area contributed by atoms with E-state index in [1.54, 1.807) is 24.1 Å². The Balaban J connectivity index is 1.80. The number of aryl methyl sites for hydroxylation is 3. The zero-order valence-electron chi connectivity index (χ0n) is 10.1. The lowest BCUT2D eigenvalue weighted by Crippen LogP contribution is -2.15. The minimum atomic E-state index is -0.245. The van der Waals surface area contributed by atoms with Gasteiger partial charge < -0.3 is 5.32 Å². The van der Waals surface area contributed by atoms with Crippen LogP contribution >= 0.6 is 0 Å². The number of aromatic nitrogens is 4. The Hall–Kier alpha value is -2.24. The first-order chi connectivity index (χ1) is 8.72. The van der Waals surface area contributed by atoms with Gasteiger partial charge in [0.05, 0.1) is 17.6 Å². The molecule has 2 heterocycles. The predicted molar refractivity (Wildman–Crippen MR) is 65.2 cm³/mol. The number of carbonyl (C=O) groups excluding carboxylic acids is 1. The van der Waals surface area contributed by atoms with E-state index in [1.165, 1.54) is 0 Å². The number of nitrogens with zero attached hydrogens (tertiary/aromatic N) is 4. The second-order valence-electron chi connectivity index (χ2n) is 4.41. The summed E-state index contributed by atoms with van der Waals surface area (Å²) in [6, 6.07) is 1.83. The van der Waals surface area contributed by atoms with Crippen molar-refractivity contribution in [3.05, 3.63) is 35.4 Å². The number of fused-ring (bicyclic) bond motifs is 1. The number of anilines is 1. The molecule has 0 fully saturated rings. The molecule has 1 amide bonds. The zero-order chi connectivity index (χ0) is 12.5. The van der Waals surface area contributed by atoms with Crippen LogP contribution in [-0.2, 0) is 19.9 Å². The smallest absolute Gasteiger partial charge is 0.276 e. The van der Waals surface area contributed by atoms with E-state index in [0.717, 1.165) is 30.5 Å². The van der Waals surface area contributed by atoms with E-state index in [1.807, 2.05) is 6.07 Å². The molecule has 0 aromatic carbocycles. The fourth-order valence-corrected chi connectivity index (χ4v) is 2.12. The summed E-state index contributed by atoms with van der Waals surface area (Å²) in [4.78, 5) is 12.0. The summed E-state index contributed by atoms with van der Waals surface area (Å²) in [7, 11) is 1.80. The van der Waals surface area contributed by atoms with Crippen molar-refractivity contribution < 1.29 is 4.79 Å². The van der Waals surface area contributed by atoms with Crippen LogP contribution in [-0.4, -0.2) is 25.9 Å². The molecular formula is C12H13N5O. The average Bonchev–Trinajstić information content (AvgIpc) is 2.96. The Morgan fingerprint density at radius 3 is 3.06 bits per heavy atom. The second kappa shape index (κ2) is 4.21. The SMILES string of the molecule is Cn1cc(NC(=O)c2cc3c(nn2)CCC3)cn1. The first kappa shape index (κ1) is 10.9. The summed E-state index contributed by atoms with van der Waals surface area (Å²) >= 11 is 0. The highest BCUT2D eigenvalue weighted by Crippen LogP contribution is 2.19. The third-order valence-corrected chi connectivity index (χ3v) is 3.02. The molecule has 0 saturated heterocycles. The molecule has 1 aliphatic carbocycles. The van der Waals surface area contributed by atoms with Gasteiger partial charge in [0.25, 0.3) is 5.91 Å². The maximum absolute atomic E-state index is 12.0. The Kier molecular flexibility index (Phi) is 2.55. The van der Waals surface area contributed by atoms with E-state index >= 15 is 0 Å². The second-order valence-corrected chi connectivity index (χ2v) is 4.41. The predicted octanol–water partition coefficient (Wildman–Crippen LogP) is 0.951. The van der Waals surface area contributed by atoms with Gasteiger partial charge in [0, 0.05) is 13.2 Å². The Bertz CT molecular complexity index is 604. The summed E-state index contributed by atoms with van der Waals surface area (Å²) in [5.41, 5.74) is 3.18. The monoisotopic (exact) mass is 243 g/mol. The highest BCUT2D eigenvalue weighted by atomic mass is 16.1. The van der Waals surface area contributed by atoms with Crippen LogP contribution in [0.25, 0.3) is 0 Å². The van der Waals surface area contributed by atoms with Crippen molar-refractivity contribution in [1.29, 1.82) is 0 Å². The summed E-state index contributed by atoms with van der Waals surface area (Å²) in [5.74, 6) is -0.245. The summed E-state index contributed by atoms with van der Waals surface area (Å²) in [6.07, 6.45) is 6.37. The minimum Gasteiger partial charge on any atom is -0.318 e. The molecule has 0 bridgehead atoms. The van der Waals surface area contributed by atoms with Crippen molar-refractivity contribution in [2.75, 3.05) is 5.32 Å². The molecule has 3 rings (SSSR count). The van der Waals surface area contributed by atoms with Crippen molar-refractivity contribution in [3.8, 4) is 0 Å². The van der Waals surface area contributed by atoms with Gasteiger partial charge in [-0.2, -0.15) is 10.2 Å². The lowest BCUT2D eigenvalue weighted by atomic mass is 10.2. The van der Waals surface area contributed by atoms with Gasteiger partial charge in [-0.05, 0) is 30.9 Å². The van der Waals surface area contributed by atoms with E-state index in [-0.39, 0.29) is 5.91 Å². The number of amides is 1. The molecule has 0 radical (unpaired) electrons. The van der Waals surface area contributed by atoms with E-state index in [9.17, 15) is 4.79 Å². The van der Waals surface area contributed by atoms with Crippen LogP contribution in [0.15, 0.2) is 18.5 Å². The summed E-state index contributed by atoms with van der Waals surface area (Å²) < 4.78 is 1.63. The number of nitrogens with one attached hydrogen (secondary N) is 1. The van der Waals surface area contributed by atoms with Gasteiger partial charge in [-0.15, -0.1) is 5.10 Å². The number of rotatable bonds is 2. The van der Waals surface area contributed by atoms with Crippen LogP contribution in [0.1, 0.15) is 28.2 Å². The van der Waals surface area contributed by atoms with Crippen LogP contribution in [0.2, 0.25) is 0 Å². The van der Waals surface area contributed by atoms with Crippen molar-refractivity contribution in [1.82, 2.24) is 20.0 Å². The molecule has 0 spiro atoms. The van der Waals surface area contributed by atoms with E-state index < -0.39 is 0 Å². The van der Waals surface area contributed by atoms with Gasteiger partial charge in [0.2, 0.25) is 0 Å². The molecule has 1 aliphatic rings. The van der Waals surface area contributed by atoms with Crippen molar-refractivity contribution in [3.63, 3.8) is 0 Å². The van der Waals surface area contributed by atoms with E-state index in [0.29, 0.717) is 11.4 Å². The fraction of sp³-hybridized carbons (Fsp3) is 0.333. The molecule has 18 heavy (non-hydrogen) atoms. The van der Waals surface area contributed by atoms with Gasteiger partial charge in [-0.3, -0.25) is 9.48 Å². The molecule has 1 N–H and O–H groups in total. The van der Waals surface area contributed by atoms with Crippen LogP contribution in [0.5, 0.6) is 0 Å². The lowest BCUT2D eigenvalue weighted by molar-refractivity contribution is 0.102. The fourth-order valence-electron chi connectivity index (χ4n) is 2.12. The lowest BCUT2D eigenvalue weighted by Gasteiger charge is -2.03. The van der Waals surface area contributed by atoms with Crippen molar-refractivity contribution >= 4 is 11.6 Å².